The van der Waals surface area contributed by atoms with E-state index in [4.69, 9.17) is 0 Å². The number of carbonyl (C=O) groups is 1. The van der Waals surface area contributed by atoms with Gasteiger partial charge in [-0.1, -0.05) is 0 Å². The molecule has 3 heteroatoms. The molecular weight excluding hydrogens is 152 g/mol. The highest BCUT2D eigenvalue weighted by atomic mass is 16.1. The molecule has 0 aromatic carbocycles. The van der Waals surface area contributed by atoms with Gasteiger partial charge < -0.3 is 4.40 Å². The molecule has 0 saturated heterocycles. The molecule has 0 saturated carbocycles. The van der Waals surface area contributed by atoms with Crippen molar-refractivity contribution in [3.63, 3.8) is 0 Å². The van der Waals surface area contributed by atoms with Crippen molar-refractivity contribution >= 4 is 11.8 Å². The maximum Gasteiger partial charge on any atom is 0.150 e. The van der Waals surface area contributed by atoms with Gasteiger partial charge in [0.15, 0.2) is 0 Å². The molecule has 0 fully saturated rings. The molecule has 60 valence electrons. The minimum Gasteiger partial charge on any atom is -0.306 e. The highest BCUT2D eigenvalue weighted by molar-refractivity contribution is 5.77. The minimum absolute atomic E-state index is 0.686. The van der Waals surface area contributed by atoms with Crippen molar-refractivity contribution in [3.8, 4) is 0 Å². The van der Waals surface area contributed by atoms with E-state index in [1.165, 1.54) is 0 Å². The fraction of sp³-hybridized carbons (Fsp3) is 0.111. The van der Waals surface area contributed by atoms with Crippen molar-refractivity contribution < 1.29 is 4.79 Å². The number of carbonyl (C=O) groups excluding carboxylic acids is 1. The zero-order chi connectivity index (χ0) is 8.55. The van der Waals surface area contributed by atoms with E-state index >= 15 is 0 Å². The molecule has 2 aromatic heterocycles. The normalized spacial score (nSPS) is 10.4. The fourth-order valence-corrected chi connectivity index (χ4v) is 1.21. The summed E-state index contributed by atoms with van der Waals surface area (Å²) in [6.45, 7) is 1.92. The summed E-state index contributed by atoms with van der Waals surface area (Å²) in [6.07, 6.45) is 4.41. The molecule has 0 aliphatic rings. The summed E-state index contributed by atoms with van der Waals surface area (Å²) in [5.74, 6) is 0. The Morgan fingerprint density at radius 3 is 3.17 bits per heavy atom. The molecule has 2 rings (SSSR count). The quantitative estimate of drug-likeness (QED) is 0.592. The number of aromatic nitrogens is 2. The van der Waals surface area contributed by atoms with E-state index in [9.17, 15) is 4.79 Å². The Morgan fingerprint density at radius 1 is 1.58 bits per heavy atom. The third-order valence-electron chi connectivity index (χ3n) is 1.89. The van der Waals surface area contributed by atoms with Crippen LogP contribution in [0.4, 0.5) is 0 Å². The van der Waals surface area contributed by atoms with Crippen molar-refractivity contribution in [2.75, 3.05) is 0 Å². The summed E-state index contributed by atoms with van der Waals surface area (Å²) in [6, 6.07) is 3.59. The van der Waals surface area contributed by atoms with Gasteiger partial charge in [-0.25, -0.2) is 4.98 Å². The first-order valence-electron chi connectivity index (χ1n) is 3.70. The molecule has 12 heavy (non-hydrogen) atoms. The number of rotatable bonds is 1. The summed E-state index contributed by atoms with van der Waals surface area (Å²) in [5.41, 5.74) is 2.62. The maximum atomic E-state index is 10.5. The second-order valence-electron chi connectivity index (χ2n) is 2.70. The van der Waals surface area contributed by atoms with Crippen LogP contribution in [0.3, 0.4) is 0 Å². The van der Waals surface area contributed by atoms with Gasteiger partial charge in [-0.2, -0.15) is 0 Å². The van der Waals surface area contributed by atoms with Gasteiger partial charge in [-0.3, -0.25) is 4.79 Å². The van der Waals surface area contributed by atoms with Gasteiger partial charge in [-0.05, 0) is 19.1 Å². The van der Waals surface area contributed by atoms with Crippen LogP contribution in [0.1, 0.15) is 16.1 Å². The zero-order valence-corrected chi connectivity index (χ0v) is 6.69. The number of pyridine rings is 1. The summed E-state index contributed by atoms with van der Waals surface area (Å²) < 4.78 is 1.89. The SMILES string of the molecule is Cc1ncn2ccc(C=O)cc12. The lowest BCUT2D eigenvalue weighted by atomic mass is 10.2. The molecule has 0 atom stereocenters. The topological polar surface area (TPSA) is 34.4 Å². The van der Waals surface area contributed by atoms with Crippen molar-refractivity contribution in [1.82, 2.24) is 9.38 Å². The molecule has 0 radical (unpaired) electrons. The summed E-state index contributed by atoms with van der Waals surface area (Å²) in [5, 5.41) is 0. The van der Waals surface area contributed by atoms with E-state index in [2.05, 4.69) is 4.98 Å². The molecule has 0 bridgehead atoms. The monoisotopic (exact) mass is 160 g/mol. The predicted octanol–water partition coefficient (Wildman–Crippen LogP) is 1.46. The van der Waals surface area contributed by atoms with Gasteiger partial charge in [-0.15, -0.1) is 0 Å². The highest BCUT2D eigenvalue weighted by Crippen LogP contribution is 2.09. The van der Waals surface area contributed by atoms with E-state index in [0.29, 0.717) is 5.56 Å². The van der Waals surface area contributed by atoms with E-state index < -0.39 is 0 Å². The summed E-state index contributed by atoms with van der Waals surface area (Å²) >= 11 is 0. The van der Waals surface area contributed by atoms with Crippen LogP contribution in [-0.4, -0.2) is 15.7 Å². The van der Waals surface area contributed by atoms with Crippen LogP contribution in [0.5, 0.6) is 0 Å². The number of nitrogens with zero attached hydrogens (tertiary/aromatic N) is 2. The largest absolute Gasteiger partial charge is 0.306 e. The molecule has 0 aliphatic heterocycles. The van der Waals surface area contributed by atoms with E-state index in [1.54, 1.807) is 12.4 Å². The number of imidazole rings is 1. The van der Waals surface area contributed by atoms with E-state index in [0.717, 1.165) is 17.5 Å². The average molecular weight is 160 g/mol. The second kappa shape index (κ2) is 2.44. The van der Waals surface area contributed by atoms with Crippen molar-refractivity contribution in [1.29, 1.82) is 0 Å². The van der Waals surface area contributed by atoms with Gasteiger partial charge in [0.2, 0.25) is 0 Å². The Hall–Kier alpha value is -1.64. The molecule has 0 unspecified atom stereocenters. The number of aryl methyl sites for hydroxylation is 1. The number of hydrogen-bond acceptors (Lipinski definition) is 2. The first kappa shape index (κ1) is 7.03. The molecule has 0 amide bonds. The third kappa shape index (κ3) is 0.906. The van der Waals surface area contributed by atoms with Gasteiger partial charge in [0.25, 0.3) is 0 Å². The zero-order valence-electron chi connectivity index (χ0n) is 6.69. The standard InChI is InChI=1S/C9H8N2O/c1-7-9-4-8(5-12)2-3-11(9)6-10-7/h2-6H,1H3. The lowest BCUT2D eigenvalue weighted by Crippen LogP contribution is -1.85. The second-order valence-corrected chi connectivity index (χ2v) is 2.70. The minimum atomic E-state index is 0.686. The van der Waals surface area contributed by atoms with Crippen LogP contribution < -0.4 is 0 Å². The van der Waals surface area contributed by atoms with Crippen LogP contribution in [0.2, 0.25) is 0 Å². The lowest BCUT2D eigenvalue weighted by molar-refractivity contribution is 0.112. The molecular formula is C9H8N2O. The first-order chi connectivity index (χ1) is 5.81. The van der Waals surface area contributed by atoms with Gasteiger partial charge in [0, 0.05) is 11.8 Å². The van der Waals surface area contributed by atoms with Crippen molar-refractivity contribution in [3.05, 3.63) is 35.9 Å². The Balaban J connectivity index is 2.79. The Kier molecular flexibility index (Phi) is 1.43. The Morgan fingerprint density at radius 2 is 2.42 bits per heavy atom. The van der Waals surface area contributed by atoms with Crippen LogP contribution in [0, 0.1) is 6.92 Å². The molecule has 0 N–H and O–H groups in total. The highest BCUT2D eigenvalue weighted by Gasteiger charge is 1.98. The number of hydrogen-bond donors (Lipinski definition) is 0. The lowest BCUT2D eigenvalue weighted by Gasteiger charge is -1.94. The van der Waals surface area contributed by atoms with Crippen LogP contribution in [0.15, 0.2) is 24.7 Å². The van der Waals surface area contributed by atoms with Gasteiger partial charge >= 0.3 is 0 Å². The summed E-state index contributed by atoms with van der Waals surface area (Å²) in [4.78, 5) is 14.6. The third-order valence-corrected chi connectivity index (χ3v) is 1.89. The fourth-order valence-electron chi connectivity index (χ4n) is 1.21. The van der Waals surface area contributed by atoms with Crippen molar-refractivity contribution in [2.45, 2.75) is 6.92 Å². The summed E-state index contributed by atoms with van der Waals surface area (Å²) in [7, 11) is 0. The molecule has 2 aromatic rings. The smallest absolute Gasteiger partial charge is 0.150 e. The first-order valence-corrected chi connectivity index (χ1v) is 3.70. The molecule has 0 spiro atoms. The molecule has 3 nitrogen and oxygen atoms in total. The van der Waals surface area contributed by atoms with Crippen LogP contribution in [-0.2, 0) is 0 Å². The number of fused-ring (bicyclic) bond motifs is 1. The Labute approximate surface area is 69.7 Å². The Bertz CT molecular complexity index is 431. The van der Waals surface area contributed by atoms with E-state index in [1.807, 2.05) is 23.6 Å². The molecule has 0 aliphatic carbocycles. The average Bonchev–Trinajstić information content (AvgIpc) is 2.47. The predicted molar refractivity (Wildman–Crippen MR) is 45.3 cm³/mol. The van der Waals surface area contributed by atoms with Crippen LogP contribution >= 0.6 is 0 Å². The van der Waals surface area contributed by atoms with Crippen LogP contribution in [0.25, 0.3) is 5.52 Å². The van der Waals surface area contributed by atoms with Gasteiger partial charge in [0.1, 0.15) is 6.29 Å². The number of aldehydes is 1. The van der Waals surface area contributed by atoms with Crippen molar-refractivity contribution in [2.24, 2.45) is 0 Å². The molecule has 2 heterocycles. The van der Waals surface area contributed by atoms with E-state index in [-0.39, 0.29) is 0 Å². The van der Waals surface area contributed by atoms with Gasteiger partial charge in [0.05, 0.1) is 17.5 Å². The maximum absolute atomic E-state index is 10.5.